The molecule has 0 fully saturated rings. The highest BCUT2D eigenvalue weighted by Crippen LogP contribution is 2.29. The molecule has 1 atom stereocenters. The minimum atomic E-state index is -0.911. The highest BCUT2D eigenvalue weighted by Gasteiger charge is 2.19. The fourth-order valence-electron chi connectivity index (χ4n) is 2.34. The minimum absolute atomic E-state index is 0.455. The third-order valence-corrected chi connectivity index (χ3v) is 3.70. The zero-order chi connectivity index (χ0) is 16.2. The molecule has 0 radical (unpaired) electrons. The van der Waals surface area contributed by atoms with Crippen molar-refractivity contribution >= 4 is 5.97 Å². The van der Waals surface area contributed by atoms with Crippen LogP contribution in [0.5, 0.6) is 0 Å². The molecule has 1 heterocycles. The van der Waals surface area contributed by atoms with Gasteiger partial charge in [-0.25, -0.2) is 4.98 Å². The van der Waals surface area contributed by atoms with Gasteiger partial charge >= 0.3 is 5.97 Å². The van der Waals surface area contributed by atoms with E-state index in [1.54, 1.807) is 13.1 Å². The van der Waals surface area contributed by atoms with Crippen molar-refractivity contribution in [1.82, 2.24) is 9.97 Å². The molecular weight excluding hydrogens is 288 g/mol. The first kappa shape index (κ1) is 14.9. The predicted molar refractivity (Wildman–Crippen MR) is 89.0 cm³/mol. The van der Waals surface area contributed by atoms with Crippen LogP contribution < -0.4 is 0 Å². The Morgan fingerprint density at radius 3 is 1.96 bits per heavy atom. The summed E-state index contributed by atoms with van der Waals surface area (Å²) in [6.45, 7) is 1.61. The average Bonchev–Trinajstić information content (AvgIpc) is 2.62. The number of nitrogens with zero attached hydrogens (tertiary/aromatic N) is 2. The predicted octanol–water partition coefficient (Wildman–Crippen LogP) is 4.00. The van der Waals surface area contributed by atoms with Crippen LogP contribution in [0.15, 0.2) is 66.9 Å². The summed E-state index contributed by atoms with van der Waals surface area (Å²) in [7, 11) is 0. The maximum Gasteiger partial charge on any atom is 0.312 e. The molecule has 0 bridgehead atoms. The molecule has 0 aliphatic carbocycles. The minimum Gasteiger partial charge on any atom is -0.481 e. The van der Waals surface area contributed by atoms with Crippen LogP contribution in [0, 0.1) is 0 Å². The fraction of sp³-hybridized carbons (Fsp3) is 0.105. The molecule has 0 amide bonds. The van der Waals surface area contributed by atoms with Crippen molar-refractivity contribution in [1.29, 1.82) is 0 Å². The van der Waals surface area contributed by atoms with Crippen molar-refractivity contribution in [3.05, 3.63) is 72.6 Å². The van der Waals surface area contributed by atoms with Crippen molar-refractivity contribution in [2.75, 3.05) is 0 Å². The van der Waals surface area contributed by atoms with Crippen LogP contribution in [0.4, 0.5) is 0 Å². The summed E-state index contributed by atoms with van der Waals surface area (Å²) in [6.07, 6.45) is 1.55. The summed E-state index contributed by atoms with van der Waals surface area (Å²) in [4.78, 5) is 20.3. The van der Waals surface area contributed by atoms with Gasteiger partial charge in [-0.15, -0.1) is 0 Å². The fourth-order valence-corrected chi connectivity index (χ4v) is 2.34. The van der Waals surface area contributed by atoms with E-state index < -0.39 is 11.9 Å². The molecule has 0 spiro atoms. The number of aromatic nitrogens is 2. The van der Waals surface area contributed by atoms with E-state index in [0.29, 0.717) is 11.4 Å². The molecule has 114 valence electrons. The highest BCUT2D eigenvalue weighted by molar-refractivity contribution is 5.79. The van der Waals surface area contributed by atoms with Gasteiger partial charge in [0.15, 0.2) is 0 Å². The largest absolute Gasteiger partial charge is 0.481 e. The lowest BCUT2D eigenvalue weighted by Gasteiger charge is -2.12. The van der Waals surface area contributed by atoms with Gasteiger partial charge < -0.3 is 5.11 Å². The summed E-state index contributed by atoms with van der Waals surface area (Å²) < 4.78 is 0. The lowest BCUT2D eigenvalue weighted by Crippen LogP contribution is -2.10. The number of carboxylic acid groups (broad SMARTS) is 1. The van der Waals surface area contributed by atoms with Gasteiger partial charge in [0.2, 0.25) is 0 Å². The molecule has 3 rings (SSSR count). The molecule has 1 unspecified atom stereocenters. The van der Waals surface area contributed by atoms with E-state index in [1.165, 1.54) is 0 Å². The van der Waals surface area contributed by atoms with E-state index in [2.05, 4.69) is 9.97 Å². The second-order valence-corrected chi connectivity index (χ2v) is 5.28. The van der Waals surface area contributed by atoms with Crippen LogP contribution in [0.3, 0.4) is 0 Å². The third kappa shape index (κ3) is 3.11. The Morgan fingerprint density at radius 1 is 0.913 bits per heavy atom. The Morgan fingerprint density at radius 2 is 1.43 bits per heavy atom. The van der Waals surface area contributed by atoms with Gasteiger partial charge in [0, 0.05) is 11.1 Å². The standard InChI is InChI=1S/C19H16N2O2/c1-13(19(22)23)16-12-20-17(14-8-4-2-5-9-14)18(21-16)15-10-6-3-7-11-15/h2-13H,1H3,(H,22,23). The van der Waals surface area contributed by atoms with Crippen LogP contribution in [-0.4, -0.2) is 21.0 Å². The van der Waals surface area contributed by atoms with Gasteiger partial charge in [-0.05, 0) is 6.92 Å². The molecule has 0 saturated carbocycles. The highest BCUT2D eigenvalue weighted by atomic mass is 16.4. The molecule has 1 N–H and O–H groups in total. The SMILES string of the molecule is CC(C(=O)O)c1cnc(-c2ccccc2)c(-c2ccccc2)n1. The van der Waals surface area contributed by atoms with E-state index in [-0.39, 0.29) is 0 Å². The molecule has 23 heavy (non-hydrogen) atoms. The topological polar surface area (TPSA) is 63.1 Å². The molecule has 0 aliphatic heterocycles. The summed E-state index contributed by atoms with van der Waals surface area (Å²) >= 11 is 0. The van der Waals surface area contributed by atoms with E-state index >= 15 is 0 Å². The van der Waals surface area contributed by atoms with Crippen molar-refractivity contribution in [2.24, 2.45) is 0 Å². The first-order chi connectivity index (χ1) is 11.2. The summed E-state index contributed by atoms with van der Waals surface area (Å²) in [6, 6.07) is 19.5. The van der Waals surface area contributed by atoms with Gasteiger partial charge in [-0.2, -0.15) is 0 Å². The Hall–Kier alpha value is -3.01. The second-order valence-electron chi connectivity index (χ2n) is 5.28. The van der Waals surface area contributed by atoms with Gasteiger partial charge in [0.25, 0.3) is 0 Å². The number of carboxylic acids is 1. The van der Waals surface area contributed by atoms with Crippen molar-refractivity contribution in [2.45, 2.75) is 12.8 Å². The van der Waals surface area contributed by atoms with Crippen LogP contribution >= 0.6 is 0 Å². The average molecular weight is 304 g/mol. The molecule has 4 heteroatoms. The number of carbonyl (C=O) groups is 1. The normalized spacial score (nSPS) is 11.9. The number of hydrogen-bond acceptors (Lipinski definition) is 3. The molecule has 1 aromatic heterocycles. The monoisotopic (exact) mass is 304 g/mol. The van der Waals surface area contributed by atoms with Crippen molar-refractivity contribution < 1.29 is 9.90 Å². The van der Waals surface area contributed by atoms with Gasteiger partial charge in [0.05, 0.1) is 29.2 Å². The molecular formula is C19H16N2O2. The number of aliphatic carboxylic acids is 1. The van der Waals surface area contributed by atoms with E-state index in [0.717, 1.165) is 16.8 Å². The number of rotatable bonds is 4. The van der Waals surface area contributed by atoms with E-state index in [9.17, 15) is 9.90 Å². The van der Waals surface area contributed by atoms with Crippen LogP contribution in [0.2, 0.25) is 0 Å². The first-order valence-electron chi connectivity index (χ1n) is 7.37. The number of benzene rings is 2. The van der Waals surface area contributed by atoms with Crippen LogP contribution in [-0.2, 0) is 4.79 Å². The zero-order valence-corrected chi connectivity index (χ0v) is 12.7. The maximum absolute atomic E-state index is 11.2. The summed E-state index contributed by atoms with van der Waals surface area (Å²) in [5.74, 6) is -1.61. The lowest BCUT2D eigenvalue weighted by molar-refractivity contribution is -0.138. The van der Waals surface area contributed by atoms with Crippen LogP contribution in [0.1, 0.15) is 18.5 Å². The van der Waals surface area contributed by atoms with Gasteiger partial charge in [0.1, 0.15) is 0 Å². The molecule has 0 saturated heterocycles. The van der Waals surface area contributed by atoms with Crippen molar-refractivity contribution in [3.63, 3.8) is 0 Å². The molecule has 2 aromatic carbocycles. The number of hydrogen-bond donors (Lipinski definition) is 1. The van der Waals surface area contributed by atoms with E-state index in [4.69, 9.17) is 0 Å². The molecule has 3 aromatic rings. The summed E-state index contributed by atoms with van der Waals surface area (Å²) in [5.41, 5.74) is 3.77. The van der Waals surface area contributed by atoms with Gasteiger partial charge in [-0.3, -0.25) is 9.78 Å². The Balaban J connectivity index is 2.19. The second kappa shape index (κ2) is 6.40. The van der Waals surface area contributed by atoms with Crippen LogP contribution in [0.25, 0.3) is 22.5 Å². The first-order valence-corrected chi connectivity index (χ1v) is 7.37. The van der Waals surface area contributed by atoms with E-state index in [1.807, 2.05) is 60.7 Å². The Labute approximate surface area is 134 Å². The molecule has 0 aliphatic rings. The lowest BCUT2D eigenvalue weighted by atomic mass is 10.0. The van der Waals surface area contributed by atoms with Gasteiger partial charge in [-0.1, -0.05) is 60.7 Å². The zero-order valence-electron chi connectivity index (χ0n) is 12.7. The van der Waals surface area contributed by atoms with Crippen molar-refractivity contribution in [3.8, 4) is 22.5 Å². The Bertz CT molecular complexity index is 817. The smallest absolute Gasteiger partial charge is 0.312 e. The molecule has 4 nitrogen and oxygen atoms in total. The Kier molecular flexibility index (Phi) is 4.15. The maximum atomic E-state index is 11.2. The third-order valence-electron chi connectivity index (χ3n) is 3.70. The quantitative estimate of drug-likeness (QED) is 0.791. The summed E-state index contributed by atoms with van der Waals surface area (Å²) in [5, 5.41) is 9.22.